The molecule has 0 radical (unpaired) electrons. The van der Waals surface area contributed by atoms with Crippen LogP contribution in [0.5, 0.6) is 0 Å². The summed E-state index contributed by atoms with van der Waals surface area (Å²) >= 11 is 0. The van der Waals surface area contributed by atoms with Crippen molar-refractivity contribution < 1.29 is 0 Å². The normalized spacial score (nSPS) is 43.6. The molecule has 4 rings (SSSR count). The first-order chi connectivity index (χ1) is 9.39. The number of rotatable bonds is 6. The molecule has 4 aliphatic rings. The highest BCUT2D eigenvalue weighted by Crippen LogP contribution is 2.84. The van der Waals surface area contributed by atoms with E-state index in [0.717, 1.165) is 46.3 Å². The van der Waals surface area contributed by atoms with E-state index in [9.17, 15) is 0 Å². The summed E-state index contributed by atoms with van der Waals surface area (Å²) in [6, 6.07) is 0. The van der Waals surface area contributed by atoms with Crippen LogP contribution in [-0.4, -0.2) is 0 Å². The highest BCUT2D eigenvalue weighted by molar-refractivity contribution is 5.25. The highest BCUT2D eigenvalue weighted by Gasteiger charge is 2.77. The predicted octanol–water partition coefficient (Wildman–Crippen LogP) is 6.16. The van der Waals surface area contributed by atoms with Crippen molar-refractivity contribution in [2.24, 2.45) is 46.3 Å². The summed E-state index contributed by atoms with van der Waals surface area (Å²) in [7, 11) is 0. The second-order valence-electron chi connectivity index (χ2n) is 9.27. The van der Waals surface area contributed by atoms with Gasteiger partial charge < -0.3 is 0 Å². The van der Waals surface area contributed by atoms with Gasteiger partial charge in [-0.3, -0.25) is 0 Å². The Hall–Kier alpha value is 0. The van der Waals surface area contributed by atoms with Crippen molar-refractivity contribution >= 4 is 0 Å². The van der Waals surface area contributed by atoms with Gasteiger partial charge in [-0.15, -0.1) is 0 Å². The topological polar surface area (TPSA) is 0 Å². The van der Waals surface area contributed by atoms with Crippen LogP contribution in [0.2, 0.25) is 0 Å². The first-order valence-corrected chi connectivity index (χ1v) is 9.39. The molecule has 1 spiro atoms. The first kappa shape index (κ1) is 14.9. The van der Waals surface area contributed by atoms with Gasteiger partial charge in [0, 0.05) is 0 Å². The van der Waals surface area contributed by atoms with Gasteiger partial charge in [0.25, 0.3) is 0 Å². The van der Waals surface area contributed by atoms with Gasteiger partial charge in [0.05, 0.1) is 0 Å². The second kappa shape index (κ2) is 4.75. The van der Waals surface area contributed by atoms with Gasteiger partial charge >= 0.3 is 0 Å². The number of fused-ring (bicyclic) bond motifs is 1. The molecule has 0 aromatic carbocycles. The molecule has 4 saturated carbocycles. The fourth-order valence-corrected chi connectivity index (χ4v) is 7.96. The minimum atomic E-state index is 0.786. The van der Waals surface area contributed by atoms with Gasteiger partial charge in [-0.1, -0.05) is 48.0 Å². The second-order valence-corrected chi connectivity index (χ2v) is 9.27. The Morgan fingerprint density at radius 2 is 1.60 bits per heavy atom. The Morgan fingerprint density at radius 3 is 2.05 bits per heavy atom. The van der Waals surface area contributed by atoms with Crippen molar-refractivity contribution in [1.82, 2.24) is 0 Å². The van der Waals surface area contributed by atoms with E-state index < -0.39 is 0 Å². The maximum atomic E-state index is 2.57. The maximum Gasteiger partial charge on any atom is -0.0227 e. The molecule has 0 N–H and O–H groups in total. The molecule has 0 heteroatoms. The molecule has 0 aromatic heterocycles. The fourth-order valence-electron chi connectivity index (χ4n) is 7.96. The molecule has 116 valence electrons. The third kappa shape index (κ3) is 1.66. The zero-order valence-electron chi connectivity index (χ0n) is 14.7. The van der Waals surface area contributed by atoms with E-state index in [1.54, 1.807) is 32.1 Å². The SMILES string of the molecule is CCC1C23CCC2C1(CC(C)C(C(C)C)C(C)C)CC3. The quantitative estimate of drug-likeness (QED) is 0.545. The van der Waals surface area contributed by atoms with E-state index in [-0.39, 0.29) is 0 Å². The van der Waals surface area contributed by atoms with Crippen LogP contribution in [0.25, 0.3) is 0 Å². The minimum absolute atomic E-state index is 0.786. The van der Waals surface area contributed by atoms with Crippen LogP contribution < -0.4 is 0 Å². The van der Waals surface area contributed by atoms with Crippen LogP contribution in [-0.2, 0) is 0 Å². The van der Waals surface area contributed by atoms with Gasteiger partial charge in [0.1, 0.15) is 0 Å². The van der Waals surface area contributed by atoms with E-state index in [0.29, 0.717) is 0 Å². The predicted molar refractivity (Wildman–Crippen MR) is 87.6 cm³/mol. The molecule has 4 aliphatic carbocycles. The Kier molecular flexibility index (Phi) is 3.54. The molecule has 5 unspecified atom stereocenters. The van der Waals surface area contributed by atoms with Gasteiger partial charge in [-0.05, 0) is 78.4 Å². The molecule has 5 atom stereocenters. The van der Waals surface area contributed by atoms with Crippen molar-refractivity contribution in [3.63, 3.8) is 0 Å². The summed E-state index contributed by atoms with van der Waals surface area (Å²) in [5.41, 5.74) is 1.65. The Bertz CT molecular complexity index is 360. The smallest absolute Gasteiger partial charge is 0.0227 e. The molecule has 0 heterocycles. The van der Waals surface area contributed by atoms with Crippen LogP contribution in [0.15, 0.2) is 0 Å². The van der Waals surface area contributed by atoms with Gasteiger partial charge in [0.15, 0.2) is 0 Å². The Morgan fingerprint density at radius 1 is 0.950 bits per heavy atom. The summed E-state index contributed by atoms with van der Waals surface area (Å²) in [4.78, 5) is 0. The van der Waals surface area contributed by atoms with Crippen molar-refractivity contribution in [2.45, 2.75) is 80.1 Å². The fraction of sp³-hybridized carbons (Fsp3) is 1.00. The summed E-state index contributed by atoms with van der Waals surface area (Å²) in [5, 5.41) is 0. The Balaban J connectivity index is 1.74. The van der Waals surface area contributed by atoms with Crippen LogP contribution in [0.4, 0.5) is 0 Å². The third-order valence-electron chi connectivity index (χ3n) is 8.04. The monoisotopic (exact) mass is 276 g/mol. The van der Waals surface area contributed by atoms with Crippen LogP contribution in [0.3, 0.4) is 0 Å². The lowest BCUT2D eigenvalue weighted by Gasteiger charge is -2.70. The lowest BCUT2D eigenvalue weighted by molar-refractivity contribution is -0.220. The van der Waals surface area contributed by atoms with Crippen molar-refractivity contribution in [2.75, 3.05) is 0 Å². The largest absolute Gasteiger partial charge is 0.0651 e. The minimum Gasteiger partial charge on any atom is -0.0651 e. The average Bonchev–Trinajstić information content (AvgIpc) is 2.73. The maximum absolute atomic E-state index is 2.57. The van der Waals surface area contributed by atoms with Crippen LogP contribution in [0.1, 0.15) is 80.1 Å². The van der Waals surface area contributed by atoms with E-state index in [2.05, 4.69) is 41.5 Å². The Labute approximate surface area is 127 Å². The molecule has 0 aliphatic heterocycles. The van der Waals surface area contributed by atoms with Crippen LogP contribution in [0, 0.1) is 46.3 Å². The highest BCUT2D eigenvalue weighted by atomic mass is 14.8. The summed E-state index contributed by atoms with van der Waals surface area (Å²) in [6.07, 6.45) is 9.29. The lowest BCUT2D eigenvalue weighted by Crippen LogP contribution is -2.64. The number of hydrogen-bond donors (Lipinski definition) is 0. The lowest BCUT2D eigenvalue weighted by atomic mass is 9.34. The molecule has 2 bridgehead atoms. The first-order valence-electron chi connectivity index (χ1n) is 9.39. The molecule has 0 amide bonds. The molecular formula is C20H36. The molecule has 20 heavy (non-hydrogen) atoms. The van der Waals surface area contributed by atoms with E-state index in [4.69, 9.17) is 0 Å². The average molecular weight is 277 g/mol. The summed E-state index contributed by atoms with van der Waals surface area (Å²) < 4.78 is 0. The molecule has 4 fully saturated rings. The molecule has 0 aromatic rings. The summed E-state index contributed by atoms with van der Waals surface area (Å²) in [6.45, 7) is 14.8. The molecule has 0 nitrogen and oxygen atoms in total. The third-order valence-corrected chi connectivity index (χ3v) is 8.04. The number of hydrogen-bond acceptors (Lipinski definition) is 0. The zero-order valence-corrected chi connectivity index (χ0v) is 14.7. The van der Waals surface area contributed by atoms with E-state index in [1.165, 1.54) is 6.42 Å². The van der Waals surface area contributed by atoms with E-state index in [1.807, 2.05) is 0 Å². The molecular weight excluding hydrogens is 240 g/mol. The van der Waals surface area contributed by atoms with Crippen molar-refractivity contribution in [3.8, 4) is 0 Å². The summed E-state index contributed by atoms with van der Waals surface area (Å²) in [5.74, 6) is 5.75. The zero-order chi connectivity index (χ0) is 14.7. The van der Waals surface area contributed by atoms with Gasteiger partial charge in [-0.25, -0.2) is 0 Å². The van der Waals surface area contributed by atoms with Crippen molar-refractivity contribution in [3.05, 3.63) is 0 Å². The van der Waals surface area contributed by atoms with Crippen molar-refractivity contribution in [1.29, 1.82) is 0 Å². The van der Waals surface area contributed by atoms with Crippen LogP contribution >= 0.6 is 0 Å². The van der Waals surface area contributed by atoms with Gasteiger partial charge in [0.2, 0.25) is 0 Å². The standard InChI is InChI=1S/C20H36/c1-7-16-19-9-8-17(19)20(16,11-10-19)12-15(6)18(13(2)3)14(4)5/h13-18H,7-12H2,1-6H3. The van der Waals surface area contributed by atoms with Gasteiger partial charge in [-0.2, -0.15) is 0 Å². The molecule has 0 saturated heterocycles. The van der Waals surface area contributed by atoms with E-state index >= 15 is 0 Å².